The van der Waals surface area contributed by atoms with Gasteiger partial charge in [-0.25, -0.2) is 0 Å². The molecule has 5 heteroatoms. The van der Waals surface area contributed by atoms with Gasteiger partial charge in [0, 0.05) is 19.3 Å². The zero-order valence-corrected chi connectivity index (χ0v) is 10.5. The van der Waals surface area contributed by atoms with Gasteiger partial charge in [-0.05, 0) is 23.8 Å². The minimum atomic E-state index is -0.642. The number of benzene rings is 1. The lowest BCUT2D eigenvalue weighted by atomic mass is 10.1. The van der Waals surface area contributed by atoms with Crippen molar-refractivity contribution in [2.24, 2.45) is 0 Å². The highest BCUT2D eigenvalue weighted by atomic mass is 16.3. The second kappa shape index (κ2) is 8.07. The summed E-state index contributed by atoms with van der Waals surface area (Å²) in [7, 11) is 0. The van der Waals surface area contributed by atoms with Crippen LogP contribution in [-0.2, 0) is 4.79 Å². The third kappa shape index (κ3) is 5.85. The fourth-order valence-electron chi connectivity index (χ4n) is 1.38. The van der Waals surface area contributed by atoms with Gasteiger partial charge in [-0.3, -0.25) is 4.79 Å². The molecule has 1 unspecified atom stereocenters. The van der Waals surface area contributed by atoms with Gasteiger partial charge in [0.15, 0.2) is 0 Å². The van der Waals surface area contributed by atoms with Crippen LogP contribution < -0.4 is 10.6 Å². The lowest BCUT2D eigenvalue weighted by Crippen LogP contribution is -2.22. The first-order chi connectivity index (χ1) is 9.13. The Balaban J connectivity index is 2.23. The lowest BCUT2D eigenvalue weighted by Gasteiger charge is -2.11. The third-order valence-electron chi connectivity index (χ3n) is 2.41. The largest absolute Gasteiger partial charge is 0.508 e. The van der Waals surface area contributed by atoms with Crippen LogP contribution in [-0.4, -0.2) is 29.2 Å². The molecule has 1 aromatic rings. The van der Waals surface area contributed by atoms with Crippen LogP contribution in [0.25, 0.3) is 0 Å². The van der Waals surface area contributed by atoms with Gasteiger partial charge in [0.1, 0.15) is 5.75 Å². The molecular weight excluding hydrogens is 244 g/mol. The summed E-state index contributed by atoms with van der Waals surface area (Å²) in [5.74, 6) is -0.0924. The van der Waals surface area contributed by atoms with Crippen LogP contribution in [0, 0.1) is 0 Å². The number of carbonyl (C=O) groups excluding carboxylic acids is 1. The van der Waals surface area contributed by atoms with Crippen molar-refractivity contribution in [2.45, 2.75) is 6.10 Å². The van der Waals surface area contributed by atoms with Crippen LogP contribution in [0.15, 0.2) is 49.2 Å². The van der Waals surface area contributed by atoms with Crippen LogP contribution in [0.3, 0.4) is 0 Å². The SMILES string of the molecule is C=CC(=O)NC=CCNCC(O)c1ccc(O)cc1. The Bertz CT molecular complexity index is 441. The van der Waals surface area contributed by atoms with E-state index >= 15 is 0 Å². The summed E-state index contributed by atoms with van der Waals surface area (Å²) < 4.78 is 0. The van der Waals surface area contributed by atoms with Gasteiger partial charge in [0.2, 0.25) is 5.91 Å². The van der Waals surface area contributed by atoms with Crippen LogP contribution in [0.1, 0.15) is 11.7 Å². The first kappa shape index (κ1) is 14.9. The molecule has 0 heterocycles. The molecular formula is C14H18N2O3. The third-order valence-corrected chi connectivity index (χ3v) is 2.41. The summed E-state index contributed by atoms with van der Waals surface area (Å²) in [5, 5.41) is 24.5. The highest BCUT2D eigenvalue weighted by Gasteiger charge is 2.05. The number of aliphatic hydroxyl groups excluding tert-OH is 1. The van der Waals surface area contributed by atoms with E-state index in [1.807, 2.05) is 0 Å². The van der Waals surface area contributed by atoms with E-state index in [1.165, 1.54) is 24.4 Å². The molecule has 1 atom stereocenters. The molecule has 0 aliphatic heterocycles. The molecule has 0 spiro atoms. The number of phenols is 1. The number of rotatable bonds is 7. The molecule has 0 radical (unpaired) electrons. The smallest absolute Gasteiger partial charge is 0.247 e. The number of amides is 1. The van der Waals surface area contributed by atoms with E-state index in [0.29, 0.717) is 13.1 Å². The molecule has 0 bridgehead atoms. The average Bonchev–Trinajstić information content (AvgIpc) is 2.42. The minimum absolute atomic E-state index is 0.171. The normalized spacial score (nSPS) is 12.3. The van der Waals surface area contributed by atoms with Crippen molar-refractivity contribution >= 4 is 5.91 Å². The van der Waals surface area contributed by atoms with E-state index in [9.17, 15) is 9.90 Å². The molecule has 19 heavy (non-hydrogen) atoms. The Hall–Kier alpha value is -2.11. The van der Waals surface area contributed by atoms with Crippen molar-refractivity contribution in [1.29, 1.82) is 0 Å². The Morgan fingerprint density at radius 2 is 2.05 bits per heavy atom. The first-order valence-electron chi connectivity index (χ1n) is 5.89. The van der Waals surface area contributed by atoms with E-state index in [-0.39, 0.29) is 11.7 Å². The maximum atomic E-state index is 10.8. The van der Waals surface area contributed by atoms with Gasteiger partial charge in [0.05, 0.1) is 6.10 Å². The van der Waals surface area contributed by atoms with Crippen molar-refractivity contribution in [3.63, 3.8) is 0 Å². The van der Waals surface area contributed by atoms with E-state index in [1.54, 1.807) is 18.2 Å². The predicted octanol–water partition coefficient (Wildman–Crippen LogP) is 0.831. The van der Waals surface area contributed by atoms with Crippen molar-refractivity contribution < 1.29 is 15.0 Å². The number of hydrogen-bond acceptors (Lipinski definition) is 4. The highest BCUT2D eigenvalue weighted by Crippen LogP contribution is 2.15. The molecule has 0 aliphatic carbocycles. The van der Waals surface area contributed by atoms with Gasteiger partial charge in [-0.1, -0.05) is 24.8 Å². The molecule has 1 amide bonds. The monoisotopic (exact) mass is 262 g/mol. The second-order valence-electron chi connectivity index (χ2n) is 3.88. The lowest BCUT2D eigenvalue weighted by molar-refractivity contribution is -0.115. The van der Waals surface area contributed by atoms with Gasteiger partial charge in [-0.15, -0.1) is 0 Å². The summed E-state index contributed by atoms with van der Waals surface area (Å²) in [6.45, 7) is 4.23. The first-order valence-corrected chi connectivity index (χ1v) is 5.89. The quantitative estimate of drug-likeness (QED) is 0.433. The van der Waals surface area contributed by atoms with E-state index in [0.717, 1.165) is 5.56 Å². The summed E-state index contributed by atoms with van der Waals surface area (Å²) in [6.07, 6.45) is 3.79. The summed E-state index contributed by atoms with van der Waals surface area (Å²) in [5.41, 5.74) is 0.731. The highest BCUT2D eigenvalue weighted by molar-refractivity contribution is 5.87. The Kier molecular flexibility index (Phi) is 6.35. The maximum absolute atomic E-state index is 10.8. The van der Waals surface area contributed by atoms with Crippen LogP contribution >= 0.6 is 0 Å². The number of nitrogens with one attached hydrogen (secondary N) is 2. The minimum Gasteiger partial charge on any atom is -0.508 e. The van der Waals surface area contributed by atoms with Gasteiger partial charge in [0.25, 0.3) is 0 Å². The van der Waals surface area contributed by atoms with E-state index in [4.69, 9.17) is 5.11 Å². The zero-order valence-electron chi connectivity index (χ0n) is 10.5. The molecule has 0 saturated heterocycles. The van der Waals surface area contributed by atoms with Crippen LogP contribution in [0.5, 0.6) is 5.75 Å². The summed E-state index contributed by atoms with van der Waals surface area (Å²) in [6, 6.07) is 6.40. The number of carbonyl (C=O) groups is 1. The van der Waals surface area contributed by atoms with Crippen molar-refractivity contribution in [3.8, 4) is 5.75 Å². The van der Waals surface area contributed by atoms with Crippen molar-refractivity contribution in [2.75, 3.05) is 13.1 Å². The number of hydrogen-bond donors (Lipinski definition) is 4. The predicted molar refractivity (Wildman–Crippen MR) is 73.4 cm³/mol. The van der Waals surface area contributed by atoms with Crippen LogP contribution in [0.2, 0.25) is 0 Å². The van der Waals surface area contributed by atoms with Crippen molar-refractivity contribution in [1.82, 2.24) is 10.6 Å². The molecule has 102 valence electrons. The number of phenolic OH excluding ortho intramolecular Hbond substituents is 1. The molecule has 0 aliphatic rings. The fourth-order valence-corrected chi connectivity index (χ4v) is 1.38. The number of aliphatic hydroxyl groups is 1. The van der Waals surface area contributed by atoms with Gasteiger partial charge < -0.3 is 20.8 Å². The fraction of sp³-hybridized carbons (Fsp3) is 0.214. The summed E-state index contributed by atoms with van der Waals surface area (Å²) >= 11 is 0. The molecule has 5 nitrogen and oxygen atoms in total. The van der Waals surface area contributed by atoms with Gasteiger partial charge in [-0.2, -0.15) is 0 Å². The molecule has 4 N–H and O–H groups in total. The Morgan fingerprint density at radius 1 is 1.37 bits per heavy atom. The Morgan fingerprint density at radius 3 is 2.68 bits per heavy atom. The number of aromatic hydroxyl groups is 1. The van der Waals surface area contributed by atoms with Gasteiger partial charge >= 0.3 is 0 Å². The van der Waals surface area contributed by atoms with Crippen LogP contribution in [0.4, 0.5) is 0 Å². The average molecular weight is 262 g/mol. The summed E-state index contributed by atoms with van der Waals surface area (Å²) in [4.78, 5) is 10.8. The molecule has 0 saturated carbocycles. The van der Waals surface area contributed by atoms with Crippen molar-refractivity contribution in [3.05, 3.63) is 54.8 Å². The molecule has 1 aromatic carbocycles. The molecule has 1 rings (SSSR count). The topological polar surface area (TPSA) is 81.6 Å². The Labute approximate surface area is 112 Å². The maximum Gasteiger partial charge on any atom is 0.247 e. The second-order valence-corrected chi connectivity index (χ2v) is 3.88. The van der Waals surface area contributed by atoms with E-state index < -0.39 is 6.10 Å². The molecule has 0 fully saturated rings. The molecule has 0 aromatic heterocycles. The standard InChI is InChI=1S/C14H18N2O3/c1-2-14(19)16-9-3-8-15-10-13(18)11-4-6-12(17)7-5-11/h2-7,9,13,15,17-18H,1,8,10H2,(H,16,19). The zero-order chi connectivity index (χ0) is 14.1. The van der Waals surface area contributed by atoms with E-state index in [2.05, 4.69) is 17.2 Å².